The quantitative estimate of drug-likeness (QED) is 0.838. The van der Waals surface area contributed by atoms with Crippen molar-refractivity contribution in [2.45, 2.75) is 38.4 Å². The van der Waals surface area contributed by atoms with E-state index in [0.29, 0.717) is 6.04 Å². The van der Waals surface area contributed by atoms with Crippen LogP contribution in [0.25, 0.3) is 0 Å². The van der Waals surface area contributed by atoms with Gasteiger partial charge in [0.25, 0.3) is 0 Å². The number of rotatable bonds is 4. The van der Waals surface area contributed by atoms with Gasteiger partial charge >= 0.3 is 0 Å². The molecule has 6 heteroatoms. The number of piperidine rings is 1. The highest BCUT2D eigenvalue weighted by Crippen LogP contribution is 2.60. The first-order chi connectivity index (χ1) is 9.82. The summed E-state index contributed by atoms with van der Waals surface area (Å²) in [5.74, 6) is 0.647. The molecule has 1 aliphatic heterocycles. The van der Waals surface area contributed by atoms with Crippen LogP contribution < -0.4 is 10.6 Å². The maximum Gasteiger partial charge on any atom is 0.240 e. The van der Waals surface area contributed by atoms with Crippen LogP contribution in [-0.2, 0) is 11.3 Å². The van der Waals surface area contributed by atoms with Crippen LogP contribution in [-0.4, -0.2) is 42.0 Å². The number of hydrogen-bond donors (Lipinski definition) is 1. The minimum atomic E-state index is -0.249. The van der Waals surface area contributed by atoms with Gasteiger partial charge in [0.05, 0.1) is 0 Å². The number of amides is 1. The molecule has 1 amide bonds. The summed E-state index contributed by atoms with van der Waals surface area (Å²) < 4.78 is 0.789. The van der Waals surface area contributed by atoms with E-state index in [1.165, 1.54) is 0 Å². The number of anilines is 1. The number of carbonyl (C=O) groups is 1. The average Bonchev–Trinajstić information content (AvgIpc) is 2.94. The van der Waals surface area contributed by atoms with E-state index in [1.54, 1.807) is 0 Å². The second-order valence-electron chi connectivity index (χ2n) is 6.76. The second-order valence-corrected chi connectivity index (χ2v) is 7.57. The molecule has 1 saturated carbocycles. The second kappa shape index (κ2) is 4.95. The topological polar surface area (TPSA) is 62.5 Å². The molecule has 2 N–H and O–H groups in total. The summed E-state index contributed by atoms with van der Waals surface area (Å²) in [6.07, 6.45) is 1.95. The average molecular weight is 353 g/mol. The number of aromatic nitrogens is 1. The van der Waals surface area contributed by atoms with Crippen molar-refractivity contribution in [3.63, 3.8) is 0 Å². The Balaban J connectivity index is 2.02. The zero-order valence-corrected chi connectivity index (χ0v) is 14.2. The van der Waals surface area contributed by atoms with Gasteiger partial charge < -0.3 is 15.5 Å². The van der Waals surface area contributed by atoms with Gasteiger partial charge in [-0.15, -0.1) is 0 Å². The molecule has 2 fully saturated rings. The fourth-order valence-corrected chi connectivity index (χ4v) is 3.77. The first-order valence-electron chi connectivity index (χ1n) is 7.19. The van der Waals surface area contributed by atoms with Crippen LogP contribution in [0.4, 0.5) is 5.82 Å². The van der Waals surface area contributed by atoms with Gasteiger partial charge in [-0.3, -0.25) is 4.79 Å². The highest BCUT2D eigenvalue weighted by molar-refractivity contribution is 9.10. The van der Waals surface area contributed by atoms with Crippen molar-refractivity contribution in [3.05, 3.63) is 22.3 Å². The van der Waals surface area contributed by atoms with Crippen LogP contribution in [0.2, 0.25) is 0 Å². The third kappa shape index (κ3) is 2.55. The van der Waals surface area contributed by atoms with Crippen molar-refractivity contribution < 1.29 is 4.79 Å². The van der Waals surface area contributed by atoms with Gasteiger partial charge in [-0.2, -0.15) is 0 Å². The molecule has 21 heavy (non-hydrogen) atoms. The molecule has 3 atom stereocenters. The minimum absolute atomic E-state index is 0.221. The fourth-order valence-electron chi connectivity index (χ4n) is 3.47. The molecule has 3 unspecified atom stereocenters. The van der Waals surface area contributed by atoms with Gasteiger partial charge in [-0.25, -0.2) is 4.98 Å². The van der Waals surface area contributed by atoms with E-state index in [-0.39, 0.29) is 17.4 Å². The summed E-state index contributed by atoms with van der Waals surface area (Å²) in [6.45, 7) is 3.03. The molecule has 0 spiro atoms. The summed E-state index contributed by atoms with van der Waals surface area (Å²) in [5.41, 5.74) is 6.98. The Labute approximate surface area is 133 Å². The van der Waals surface area contributed by atoms with Crippen molar-refractivity contribution in [1.29, 1.82) is 0 Å². The first kappa shape index (κ1) is 14.8. The Kier molecular flexibility index (Phi) is 3.48. The highest BCUT2D eigenvalue weighted by Gasteiger charge is 2.63. The SMILES string of the molecule is CN(C)Cc1ccc(Br)nc1N1C(C(N)=O)CC2(C)CC12. The van der Waals surface area contributed by atoms with Gasteiger partial charge in [0.1, 0.15) is 16.5 Å². The Morgan fingerprint density at radius 1 is 1.52 bits per heavy atom. The smallest absolute Gasteiger partial charge is 0.240 e. The first-order valence-corrected chi connectivity index (χ1v) is 7.99. The molecule has 2 heterocycles. The van der Waals surface area contributed by atoms with E-state index in [9.17, 15) is 4.79 Å². The van der Waals surface area contributed by atoms with E-state index in [2.05, 4.69) is 43.7 Å². The standard InChI is InChI=1S/C15H21BrN4O/c1-15-6-10(13(17)21)20(11(15)7-15)14-9(8-19(2)3)4-5-12(16)18-14/h4-5,10-11H,6-8H2,1-3H3,(H2,17,21). The van der Waals surface area contributed by atoms with E-state index in [4.69, 9.17) is 5.73 Å². The Bertz CT molecular complexity index is 591. The third-order valence-electron chi connectivity index (χ3n) is 4.62. The molecule has 114 valence electrons. The lowest BCUT2D eigenvalue weighted by Crippen LogP contribution is -2.43. The maximum atomic E-state index is 11.8. The zero-order valence-electron chi connectivity index (χ0n) is 12.6. The lowest BCUT2D eigenvalue weighted by atomic mass is 10.0. The Morgan fingerprint density at radius 2 is 2.24 bits per heavy atom. The van der Waals surface area contributed by atoms with Gasteiger partial charge in [0, 0.05) is 18.2 Å². The lowest BCUT2D eigenvalue weighted by Gasteiger charge is -2.29. The molecular weight excluding hydrogens is 332 g/mol. The number of halogens is 1. The third-order valence-corrected chi connectivity index (χ3v) is 5.06. The van der Waals surface area contributed by atoms with Gasteiger partial charge in [0.2, 0.25) is 5.91 Å². The normalized spacial score (nSPS) is 30.6. The molecule has 2 aliphatic rings. The highest BCUT2D eigenvalue weighted by atomic mass is 79.9. The number of primary amides is 1. The fraction of sp³-hybridized carbons (Fsp3) is 0.600. The molecule has 1 saturated heterocycles. The van der Waals surface area contributed by atoms with Gasteiger partial charge in [0.15, 0.2) is 0 Å². The van der Waals surface area contributed by atoms with Crippen molar-refractivity contribution in [2.24, 2.45) is 11.1 Å². The molecule has 1 aromatic heterocycles. The summed E-state index contributed by atoms with van der Waals surface area (Å²) >= 11 is 3.45. The van der Waals surface area contributed by atoms with Crippen LogP contribution >= 0.6 is 15.9 Å². The van der Waals surface area contributed by atoms with E-state index in [0.717, 1.165) is 35.4 Å². The molecule has 0 aromatic carbocycles. The molecule has 1 aliphatic carbocycles. The lowest BCUT2D eigenvalue weighted by molar-refractivity contribution is -0.119. The van der Waals surface area contributed by atoms with Crippen molar-refractivity contribution in [1.82, 2.24) is 9.88 Å². The van der Waals surface area contributed by atoms with Crippen LogP contribution in [0.5, 0.6) is 0 Å². The Hall–Kier alpha value is -1.14. The van der Waals surface area contributed by atoms with Gasteiger partial charge in [-0.1, -0.05) is 13.0 Å². The number of hydrogen-bond acceptors (Lipinski definition) is 4. The van der Waals surface area contributed by atoms with Crippen molar-refractivity contribution in [3.8, 4) is 0 Å². The van der Waals surface area contributed by atoms with E-state index >= 15 is 0 Å². The number of fused-ring (bicyclic) bond motifs is 1. The van der Waals surface area contributed by atoms with E-state index < -0.39 is 0 Å². The summed E-state index contributed by atoms with van der Waals surface area (Å²) in [4.78, 5) is 20.8. The summed E-state index contributed by atoms with van der Waals surface area (Å²) in [6, 6.07) is 4.17. The molecular formula is C15H21BrN4O. The van der Waals surface area contributed by atoms with Crippen LogP contribution in [0.1, 0.15) is 25.3 Å². The van der Waals surface area contributed by atoms with Crippen LogP contribution in [0.3, 0.4) is 0 Å². The zero-order chi connectivity index (χ0) is 15.4. The predicted molar refractivity (Wildman–Crippen MR) is 85.9 cm³/mol. The van der Waals surface area contributed by atoms with Crippen molar-refractivity contribution in [2.75, 3.05) is 19.0 Å². The molecule has 1 aromatic rings. The van der Waals surface area contributed by atoms with Crippen LogP contribution in [0, 0.1) is 5.41 Å². The predicted octanol–water partition coefficient (Wildman–Crippen LogP) is 1.75. The molecule has 5 nitrogen and oxygen atoms in total. The molecule has 3 rings (SSSR count). The molecule has 0 radical (unpaired) electrons. The van der Waals surface area contributed by atoms with Gasteiger partial charge in [-0.05, 0) is 54.3 Å². The summed E-state index contributed by atoms with van der Waals surface area (Å²) in [7, 11) is 4.06. The number of nitrogens with two attached hydrogens (primary N) is 1. The number of carbonyl (C=O) groups excluding carboxylic acids is 1. The minimum Gasteiger partial charge on any atom is -0.368 e. The van der Waals surface area contributed by atoms with Crippen LogP contribution in [0.15, 0.2) is 16.7 Å². The van der Waals surface area contributed by atoms with E-state index in [1.807, 2.05) is 20.2 Å². The largest absolute Gasteiger partial charge is 0.368 e. The number of pyridine rings is 1. The number of nitrogens with zero attached hydrogens (tertiary/aromatic N) is 3. The maximum absolute atomic E-state index is 11.8. The van der Waals surface area contributed by atoms with Crippen molar-refractivity contribution >= 4 is 27.7 Å². The monoisotopic (exact) mass is 352 g/mol. The Morgan fingerprint density at radius 3 is 2.86 bits per heavy atom. The summed E-state index contributed by atoms with van der Waals surface area (Å²) in [5, 5.41) is 0. The molecule has 0 bridgehead atoms.